The van der Waals surface area contributed by atoms with Crippen molar-refractivity contribution in [2.75, 3.05) is 7.11 Å². The summed E-state index contributed by atoms with van der Waals surface area (Å²) in [6, 6.07) is 4.91. The molecule has 120 valence electrons. The molecule has 1 unspecified atom stereocenters. The van der Waals surface area contributed by atoms with E-state index in [2.05, 4.69) is 4.74 Å². The highest BCUT2D eigenvalue weighted by molar-refractivity contribution is 5.77. The molecular formula is C14H17NO7. The second-order valence-corrected chi connectivity index (χ2v) is 4.37. The quantitative estimate of drug-likeness (QED) is 0.330. The SMILES string of the molecule is CCCCC(OC(=O)Oc1ccc([N+](=O)[O-])cc1)C(=O)OC. The van der Waals surface area contributed by atoms with E-state index in [1.165, 1.54) is 31.4 Å². The van der Waals surface area contributed by atoms with Gasteiger partial charge >= 0.3 is 12.1 Å². The smallest absolute Gasteiger partial charge is 0.466 e. The van der Waals surface area contributed by atoms with Crippen LogP contribution in [0.1, 0.15) is 26.2 Å². The molecule has 0 aliphatic heterocycles. The van der Waals surface area contributed by atoms with Gasteiger partial charge in [-0.05, 0) is 25.0 Å². The topological polar surface area (TPSA) is 105 Å². The number of non-ortho nitro benzene ring substituents is 1. The summed E-state index contributed by atoms with van der Waals surface area (Å²) in [4.78, 5) is 33.1. The molecule has 0 amide bonds. The van der Waals surface area contributed by atoms with Crippen LogP contribution in [0, 0.1) is 10.1 Å². The lowest BCUT2D eigenvalue weighted by Crippen LogP contribution is -2.29. The molecule has 8 heteroatoms. The average Bonchev–Trinajstić information content (AvgIpc) is 2.51. The Morgan fingerprint density at radius 3 is 2.41 bits per heavy atom. The Kier molecular flexibility index (Phi) is 6.81. The minimum atomic E-state index is -1.07. The van der Waals surface area contributed by atoms with Crippen LogP contribution in [0.15, 0.2) is 24.3 Å². The van der Waals surface area contributed by atoms with Crippen LogP contribution in [0.2, 0.25) is 0 Å². The zero-order chi connectivity index (χ0) is 16.5. The first-order chi connectivity index (χ1) is 10.5. The van der Waals surface area contributed by atoms with Gasteiger partial charge in [0.2, 0.25) is 6.10 Å². The Hall–Kier alpha value is -2.64. The number of ether oxygens (including phenoxy) is 3. The van der Waals surface area contributed by atoms with E-state index in [0.29, 0.717) is 12.8 Å². The highest BCUT2D eigenvalue weighted by Gasteiger charge is 2.24. The Morgan fingerprint density at radius 1 is 1.27 bits per heavy atom. The number of nitro benzene ring substituents is 1. The monoisotopic (exact) mass is 311 g/mol. The van der Waals surface area contributed by atoms with Gasteiger partial charge in [0.1, 0.15) is 5.75 Å². The fraction of sp³-hybridized carbons (Fsp3) is 0.429. The van der Waals surface area contributed by atoms with Crippen molar-refractivity contribution < 1.29 is 28.7 Å². The third-order valence-electron chi connectivity index (χ3n) is 2.77. The number of esters is 1. The van der Waals surface area contributed by atoms with Gasteiger partial charge in [-0.2, -0.15) is 0 Å². The Balaban J connectivity index is 2.62. The number of hydrogen-bond acceptors (Lipinski definition) is 7. The summed E-state index contributed by atoms with van der Waals surface area (Å²) < 4.78 is 14.3. The summed E-state index contributed by atoms with van der Waals surface area (Å²) in [6.07, 6.45) is -0.256. The summed E-state index contributed by atoms with van der Waals surface area (Å²) in [5.74, 6) is -0.580. The van der Waals surface area contributed by atoms with Gasteiger partial charge in [0, 0.05) is 12.1 Å². The van der Waals surface area contributed by atoms with E-state index in [0.717, 1.165) is 6.42 Å². The van der Waals surface area contributed by atoms with E-state index in [1.54, 1.807) is 0 Å². The number of rotatable bonds is 7. The summed E-state index contributed by atoms with van der Waals surface area (Å²) in [5, 5.41) is 10.5. The number of benzene rings is 1. The van der Waals surface area contributed by atoms with Crippen molar-refractivity contribution in [3.63, 3.8) is 0 Å². The first-order valence-corrected chi connectivity index (χ1v) is 6.68. The van der Waals surface area contributed by atoms with E-state index in [9.17, 15) is 19.7 Å². The molecule has 0 bridgehead atoms. The van der Waals surface area contributed by atoms with Crippen LogP contribution in [-0.4, -0.2) is 30.3 Å². The van der Waals surface area contributed by atoms with E-state index < -0.39 is 23.2 Å². The molecule has 0 heterocycles. The van der Waals surface area contributed by atoms with Crippen molar-refractivity contribution >= 4 is 17.8 Å². The average molecular weight is 311 g/mol. The van der Waals surface area contributed by atoms with Crippen molar-refractivity contribution in [3.8, 4) is 5.75 Å². The molecule has 1 rings (SSSR count). The lowest BCUT2D eigenvalue weighted by molar-refractivity contribution is -0.384. The van der Waals surface area contributed by atoms with E-state index in [4.69, 9.17) is 9.47 Å². The van der Waals surface area contributed by atoms with Crippen molar-refractivity contribution in [3.05, 3.63) is 34.4 Å². The minimum absolute atomic E-state index is 0.0784. The van der Waals surface area contributed by atoms with Crippen molar-refractivity contribution in [1.82, 2.24) is 0 Å². The van der Waals surface area contributed by atoms with Crippen molar-refractivity contribution in [2.24, 2.45) is 0 Å². The molecule has 8 nitrogen and oxygen atoms in total. The molecule has 1 aromatic carbocycles. The Morgan fingerprint density at radius 2 is 1.91 bits per heavy atom. The molecule has 0 aromatic heterocycles. The minimum Gasteiger partial charge on any atom is -0.466 e. The third kappa shape index (κ3) is 5.39. The molecular weight excluding hydrogens is 294 g/mol. The Bertz CT molecular complexity index is 526. The van der Waals surface area contributed by atoms with Crippen molar-refractivity contribution in [2.45, 2.75) is 32.3 Å². The van der Waals surface area contributed by atoms with Crippen LogP contribution < -0.4 is 4.74 Å². The number of methoxy groups -OCH3 is 1. The van der Waals surface area contributed by atoms with Gasteiger partial charge in [0.25, 0.3) is 5.69 Å². The molecule has 1 aromatic rings. The first-order valence-electron chi connectivity index (χ1n) is 6.68. The molecule has 22 heavy (non-hydrogen) atoms. The van der Waals surface area contributed by atoms with Crippen LogP contribution in [0.25, 0.3) is 0 Å². The largest absolute Gasteiger partial charge is 0.514 e. The summed E-state index contributed by atoms with van der Waals surface area (Å²) in [7, 11) is 1.20. The molecule has 0 aliphatic carbocycles. The van der Waals surface area contributed by atoms with E-state index >= 15 is 0 Å². The van der Waals surface area contributed by atoms with Gasteiger partial charge in [-0.1, -0.05) is 13.3 Å². The maximum Gasteiger partial charge on any atom is 0.514 e. The summed E-state index contributed by atoms with van der Waals surface area (Å²) in [5.41, 5.74) is -0.129. The number of nitro groups is 1. The van der Waals surface area contributed by atoms with Crippen molar-refractivity contribution in [1.29, 1.82) is 0 Å². The number of unbranched alkanes of at least 4 members (excludes halogenated alkanes) is 1. The maximum atomic E-state index is 11.6. The molecule has 0 N–H and O–H groups in total. The predicted molar refractivity (Wildman–Crippen MR) is 75.5 cm³/mol. The van der Waals surface area contributed by atoms with Gasteiger partial charge < -0.3 is 14.2 Å². The predicted octanol–water partition coefficient (Wildman–Crippen LogP) is 2.84. The van der Waals surface area contributed by atoms with Crippen LogP contribution in [-0.2, 0) is 14.3 Å². The van der Waals surface area contributed by atoms with Gasteiger partial charge in [-0.25, -0.2) is 9.59 Å². The van der Waals surface area contributed by atoms with E-state index in [1.807, 2.05) is 6.92 Å². The van der Waals surface area contributed by atoms with Crippen LogP contribution in [0.3, 0.4) is 0 Å². The fourth-order valence-electron chi connectivity index (χ4n) is 1.62. The lowest BCUT2D eigenvalue weighted by atomic mass is 10.1. The van der Waals surface area contributed by atoms with Crippen LogP contribution >= 0.6 is 0 Å². The number of carbonyl (C=O) groups is 2. The third-order valence-corrected chi connectivity index (χ3v) is 2.77. The lowest BCUT2D eigenvalue weighted by Gasteiger charge is -2.14. The van der Waals surface area contributed by atoms with Crippen LogP contribution in [0.5, 0.6) is 5.75 Å². The molecule has 0 radical (unpaired) electrons. The standard InChI is InChI=1S/C14H17NO7/c1-3-4-5-12(13(16)20-2)22-14(17)21-11-8-6-10(7-9-11)15(18)19/h6-9,12H,3-5H2,1-2H3. The Labute approximate surface area is 127 Å². The highest BCUT2D eigenvalue weighted by Crippen LogP contribution is 2.18. The van der Waals surface area contributed by atoms with Gasteiger partial charge in [-0.3, -0.25) is 10.1 Å². The molecule has 0 spiro atoms. The van der Waals surface area contributed by atoms with Gasteiger partial charge in [-0.15, -0.1) is 0 Å². The fourth-order valence-corrected chi connectivity index (χ4v) is 1.62. The normalized spacial score (nSPS) is 11.4. The van der Waals surface area contributed by atoms with Gasteiger partial charge in [0.15, 0.2) is 0 Å². The van der Waals surface area contributed by atoms with E-state index in [-0.39, 0.29) is 11.4 Å². The summed E-state index contributed by atoms with van der Waals surface area (Å²) >= 11 is 0. The summed E-state index contributed by atoms with van der Waals surface area (Å²) in [6.45, 7) is 1.93. The zero-order valence-corrected chi connectivity index (χ0v) is 12.3. The first kappa shape index (κ1) is 17.4. The molecule has 1 atom stereocenters. The number of hydrogen-bond donors (Lipinski definition) is 0. The highest BCUT2D eigenvalue weighted by atomic mass is 16.7. The number of carbonyl (C=O) groups excluding carboxylic acids is 2. The van der Waals surface area contributed by atoms with Gasteiger partial charge in [0.05, 0.1) is 12.0 Å². The maximum absolute atomic E-state index is 11.6. The second-order valence-electron chi connectivity index (χ2n) is 4.37. The molecule has 0 saturated carbocycles. The molecule has 0 aliphatic rings. The van der Waals surface area contributed by atoms with Crippen LogP contribution in [0.4, 0.5) is 10.5 Å². The second kappa shape index (κ2) is 8.60. The number of nitrogens with zero attached hydrogens (tertiary/aromatic N) is 1. The molecule has 0 fully saturated rings. The zero-order valence-electron chi connectivity index (χ0n) is 12.3. The molecule has 0 saturated heterocycles.